The molecular weight excluding hydrogens is 353 g/mol. The summed E-state index contributed by atoms with van der Waals surface area (Å²) >= 11 is 1.12. The summed E-state index contributed by atoms with van der Waals surface area (Å²) in [6.07, 6.45) is -4.58. The van der Waals surface area contributed by atoms with Crippen molar-refractivity contribution < 1.29 is 18.0 Å². The molecule has 3 aromatic rings. The van der Waals surface area contributed by atoms with Gasteiger partial charge < -0.3 is 5.32 Å². The number of fused-ring (bicyclic) bond motifs is 1. The number of carbonyl (C=O) groups excluding carboxylic acids is 1. The van der Waals surface area contributed by atoms with Crippen LogP contribution in [-0.2, 0) is 6.18 Å². The van der Waals surface area contributed by atoms with Crippen molar-refractivity contribution in [3.8, 4) is 6.07 Å². The van der Waals surface area contributed by atoms with E-state index in [0.29, 0.717) is 15.8 Å². The molecule has 0 saturated heterocycles. The number of alkyl halides is 3. The molecule has 2 amide bonds. The van der Waals surface area contributed by atoms with Gasteiger partial charge in [-0.05, 0) is 30.3 Å². The second kappa shape index (κ2) is 6.41. The topological polar surface area (TPSA) is 77.8 Å². The molecule has 0 saturated carbocycles. The number of urea groups is 1. The molecule has 0 atom stereocenters. The Balaban J connectivity index is 1.79. The first-order valence-electron chi connectivity index (χ1n) is 6.92. The van der Waals surface area contributed by atoms with Crippen molar-refractivity contribution in [1.29, 1.82) is 5.26 Å². The van der Waals surface area contributed by atoms with Gasteiger partial charge in [0.1, 0.15) is 0 Å². The van der Waals surface area contributed by atoms with Crippen LogP contribution in [0.4, 0.5) is 28.8 Å². The molecule has 0 aliphatic rings. The lowest BCUT2D eigenvalue weighted by Crippen LogP contribution is -2.21. The summed E-state index contributed by atoms with van der Waals surface area (Å²) in [5, 5.41) is 13.7. The summed E-state index contributed by atoms with van der Waals surface area (Å²) in [7, 11) is 0. The van der Waals surface area contributed by atoms with Gasteiger partial charge in [0.15, 0.2) is 5.13 Å². The van der Waals surface area contributed by atoms with Crippen molar-refractivity contribution >= 4 is 38.4 Å². The number of anilines is 2. The van der Waals surface area contributed by atoms with E-state index in [2.05, 4.69) is 15.6 Å². The number of carbonyl (C=O) groups is 1. The molecule has 126 valence electrons. The smallest absolute Gasteiger partial charge is 0.307 e. The number of halogens is 3. The molecule has 2 aromatic carbocycles. The largest absolute Gasteiger partial charge is 0.418 e. The summed E-state index contributed by atoms with van der Waals surface area (Å²) < 4.78 is 39.5. The molecule has 2 N–H and O–H groups in total. The molecule has 0 unspecified atom stereocenters. The van der Waals surface area contributed by atoms with Crippen LogP contribution in [0.25, 0.3) is 10.2 Å². The van der Waals surface area contributed by atoms with Crippen LogP contribution in [0.3, 0.4) is 0 Å². The highest BCUT2D eigenvalue weighted by Gasteiger charge is 2.33. The molecule has 0 radical (unpaired) electrons. The van der Waals surface area contributed by atoms with E-state index in [1.807, 2.05) is 6.07 Å². The van der Waals surface area contributed by atoms with E-state index in [4.69, 9.17) is 5.26 Å². The van der Waals surface area contributed by atoms with Crippen LogP contribution >= 0.6 is 11.3 Å². The predicted molar refractivity (Wildman–Crippen MR) is 88.4 cm³/mol. The first-order valence-corrected chi connectivity index (χ1v) is 7.73. The number of nitriles is 1. The van der Waals surface area contributed by atoms with Crippen LogP contribution in [0.5, 0.6) is 0 Å². The van der Waals surface area contributed by atoms with Crippen LogP contribution in [0.15, 0.2) is 42.5 Å². The van der Waals surface area contributed by atoms with Gasteiger partial charge in [-0.15, -0.1) is 0 Å². The SMILES string of the molecule is N#Cc1ccc2nc(NC(=O)Nc3ccccc3C(F)(F)F)sc2c1. The van der Waals surface area contributed by atoms with Crippen molar-refractivity contribution in [2.45, 2.75) is 6.18 Å². The highest BCUT2D eigenvalue weighted by atomic mass is 32.1. The highest BCUT2D eigenvalue weighted by molar-refractivity contribution is 7.22. The minimum absolute atomic E-state index is 0.215. The van der Waals surface area contributed by atoms with Crippen LogP contribution < -0.4 is 10.6 Å². The predicted octanol–water partition coefficient (Wildman–Crippen LogP) is 4.83. The number of hydrogen-bond donors (Lipinski definition) is 2. The molecular formula is C16H9F3N4OS. The molecule has 0 aliphatic carbocycles. The van der Waals surface area contributed by atoms with Gasteiger partial charge in [0.25, 0.3) is 0 Å². The van der Waals surface area contributed by atoms with Crippen LogP contribution in [-0.4, -0.2) is 11.0 Å². The fourth-order valence-electron chi connectivity index (χ4n) is 2.14. The highest BCUT2D eigenvalue weighted by Crippen LogP contribution is 2.34. The van der Waals surface area contributed by atoms with Crippen molar-refractivity contribution in [2.24, 2.45) is 0 Å². The molecule has 9 heteroatoms. The fraction of sp³-hybridized carbons (Fsp3) is 0.0625. The summed E-state index contributed by atoms with van der Waals surface area (Å²) in [5.74, 6) is 0. The zero-order valence-corrected chi connectivity index (χ0v) is 13.2. The Morgan fingerprint density at radius 2 is 1.92 bits per heavy atom. The monoisotopic (exact) mass is 362 g/mol. The zero-order valence-electron chi connectivity index (χ0n) is 12.4. The van der Waals surface area contributed by atoms with E-state index >= 15 is 0 Å². The molecule has 0 aliphatic heterocycles. The van der Waals surface area contributed by atoms with Gasteiger partial charge in [0, 0.05) is 0 Å². The third-order valence-corrected chi connectivity index (χ3v) is 4.15. The van der Waals surface area contributed by atoms with Gasteiger partial charge in [0.05, 0.1) is 33.1 Å². The number of benzene rings is 2. The van der Waals surface area contributed by atoms with Crippen LogP contribution in [0.2, 0.25) is 0 Å². The Bertz CT molecular complexity index is 991. The van der Waals surface area contributed by atoms with E-state index in [1.54, 1.807) is 18.2 Å². The van der Waals surface area contributed by atoms with Crippen molar-refractivity contribution in [3.05, 3.63) is 53.6 Å². The number of nitrogens with one attached hydrogen (secondary N) is 2. The number of thiazole rings is 1. The van der Waals surface area contributed by atoms with E-state index in [-0.39, 0.29) is 10.8 Å². The van der Waals surface area contributed by atoms with Gasteiger partial charge in [-0.1, -0.05) is 23.5 Å². The lowest BCUT2D eigenvalue weighted by molar-refractivity contribution is -0.136. The summed E-state index contributed by atoms with van der Waals surface area (Å²) in [6.45, 7) is 0. The maximum absolute atomic E-state index is 12.9. The minimum Gasteiger partial charge on any atom is -0.307 e. The minimum atomic E-state index is -4.58. The first-order chi connectivity index (χ1) is 11.9. The fourth-order valence-corrected chi connectivity index (χ4v) is 3.04. The van der Waals surface area contributed by atoms with Gasteiger partial charge in [-0.3, -0.25) is 5.32 Å². The Labute approximate surface area is 143 Å². The summed E-state index contributed by atoms with van der Waals surface area (Å²) in [4.78, 5) is 16.1. The van der Waals surface area contributed by atoms with Crippen molar-refractivity contribution in [3.63, 3.8) is 0 Å². The molecule has 0 spiro atoms. The summed E-state index contributed by atoms with van der Waals surface area (Å²) in [5.41, 5.74) is -0.255. The van der Waals surface area contributed by atoms with Crippen LogP contribution in [0, 0.1) is 11.3 Å². The molecule has 5 nitrogen and oxygen atoms in total. The normalized spacial score (nSPS) is 11.1. The van der Waals surface area contributed by atoms with E-state index in [1.165, 1.54) is 18.2 Å². The van der Waals surface area contributed by atoms with E-state index in [0.717, 1.165) is 17.4 Å². The molecule has 1 aromatic heterocycles. The average molecular weight is 362 g/mol. The molecule has 0 bridgehead atoms. The Morgan fingerprint density at radius 3 is 2.64 bits per heavy atom. The van der Waals surface area contributed by atoms with E-state index in [9.17, 15) is 18.0 Å². The number of hydrogen-bond acceptors (Lipinski definition) is 4. The van der Waals surface area contributed by atoms with Gasteiger partial charge in [0.2, 0.25) is 0 Å². The molecule has 1 heterocycles. The standard InChI is InChI=1S/C16H9F3N4OS/c17-16(18,19)10-3-1-2-4-11(10)21-14(24)23-15-22-12-6-5-9(8-20)7-13(12)25-15/h1-7H,(H2,21,22,23,24). The Hall–Kier alpha value is -3.12. The number of nitrogens with zero attached hydrogens (tertiary/aromatic N) is 2. The zero-order chi connectivity index (χ0) is 18.0. The Morgan fingerprint density at radius 1 is 1.16 bits per heavy atom. The number of rotatable bonds is 2. The lowest BCUT2D eigenvalue weighted by atomic mass is 10.1. The third kappa shape index (κ3) is 3.70. The lowest BCUT2D eigenvalue weighted by Gasteiger charge is -2.13. The van der Waals surface area contributed by atoms with Crippen molar-refractivity contribution in [2.75, 3.05) is 10.6 Å². The number of para-hydroxylation sites is 1. The molecule has 0 fully saturated rings. The number of aromatic nitrogens is 1. The van der Waals surface area contributed by atoms with Gasteiger partial charge in [-0.2, -0.15) is 18.4 Å². The quantitative estimate of drug-likeness (QED) is 0.685. The van der Waals surface area contributed by atoms with Gasteiger partial charge >= 0.3 is 12.2 Å². The third-order valence-electron chi connectivity index (χ3n) is 3.22. The van der Waals surface area contributed by atoms with Crippen molar-refractivity contribution in [1.82, 2.24) is 4.98 Å². The second-order valence-electron chi connectivity index (χ2n) is 4.94. The Kier molecular flexibility index (Phi) is 4.29. The van der Waals surface area contributed by atoms with Crippen LogP contribution in [0.1, 0.15) is 11.1 Å². The molecule has 25 heavy (non-hydrogen) atoms. The maximum atomic E-state index is 12.9. The average Bonchev–Trinajstić information content (AvgIpc) is 2.95. The van der Waals surface area contributed by atoms with E-state index < -0.39 is 17.8 Å². The number of amides is 2. The maximum Gasteiger partial charge on any atom is 0.418 e. The summed E-state index contributed by atoms with van der Waals surface area (Å²) in [6, 6.07) is 10.7. The van der Waals surface area contributed by atoms with Gasteiger partial charge in [-0.25, -0.2) is 9.78 Å². The molecule has 3 rings (SSSR count). The first kappa shape index (κ1) is 16.7. The second-order valence-corrected chi connectivity index (χ2v) is 5.97.